The van der Waals surface area contributed by atoms with E-state index in [-0.39, 0.29) is 10.8 Å². The molecule has 1 unspecified atom stereocenters. The summed E-state index contributed by atoms with van der Waals surface area (Å²) in [5, 5.41) is 14.7. The van der Waals surface area contributed by atoms with Crippen molar-refractivity contribution in [1.29, 1.82) is 0 Å². The van der Waals surface area contributed by atoms with Gasteiger partial charge in [0, 0.05) is 10.8 Å². The average molecular weight is 391 g/mol. The molecule has 2 heterocycles. The maximum absolute atomic E-state index is 12.7. The van der Waals surface area contributed by atoms with Gasteiger partial charge in [-0.05, 0) is 74.5 Å². The molecule has 4 saturated carbocycles. The van der Waals surface area contributed by atoms with Gasteiger partial charge in [-0.2, -0.15) is 0 Å². The van der Waals surface area contributed by atoms with Crippen LogP contribution in [0.1, 0.15) is 77.0 Å². The van der Waals surface area contributed by atoms with Gasteiger partial charge < -0.3 is 14.6 Å². The van der Waals surface area contributed by atoms with Crippen molar-refractivity contribution in [3.63, 3.8) is 0 Å². The highest BCUT2D eigenvalue weighted by Gasteiger charge is 2.65. The lowest BCUT2D eigenvalue weighted by Crippen LogP contribution is -2.61. The van der Waals surface area contributed by atoms with Gasteiger partial charge in [-0.15, -0.1) is 11.3 Å². The van der Waals surface area contributed by atoms with E-state index in [0.29, 0.717) is 0 Å². The van der Waals surface area contributed by atoms with Gasteiger partial charge >= 0.3 is 0 Å². The summed E-state index contributed by atoms with van der Waals surface area (Å²) in [6, 6.07) is 0. The van der Waals surface area contributed by atoms with Crippen molar-refractivity contribution >= 4 is 11.3 Å². The minimum Gasteiger partial charge on any atom is -0.489 e. The third kappa shape index (κ3) is 2.62. The maximum Gasteiger partial charge on any atom is 0.178 e. The van der Waals surface area contributed by atoms with Crippen molar-refractivity contribution in [2.45, 2.75) is 77.7 Å². The number of aliphatic hydroxyl groups is 1. The van der Waals surface area contributed by atoms with Crippen molar-refractivity contribution in [2.75, 3.05) is 13.2 Å². The quantitative estimate of drug-likeness (QED) is 0.699. The Labute approximate surface area is 167 Å². The molecule has 0 amide bonds. The molecule has 0 spiro atoms. The van der Waals surface area contributed by atoms with Gasteiger partial charge in [-0.25, -0.2) is 0 Å². The summed E-state index contributed by atoms with van der Waals surface area (Å²) in [5.74, 6) is 4.12. The Morgan fingerprint density at radius 1 is 0.963 bits per heavy atom. The molecule has 1 N–H and O–H groups in total. The third-order valence-electron chi connectivity index (χ3n) is 7.98. The first kappa shape index (κ1) is 18.3. The first-order valence-corrected chi connectivity index (χ1v) is 11.8. The lowest BCUT2D eigenvalue weighted by molar-refractivity contribution is -0.228. The molecule has 5 aliphatic rings. The van der Waals surface area contributed by atoms with Gasteiger partial charge in [0.05, 0.1) is 18.1 Å². The molecule has 4 aliphatic carbocycles. The van der Waals surface area contributed by atoms with E-state index in [0.717, 1.165) is 60.2 Å². The number of rotatable bonds is 2. The smallest absolute Gasteiger partial charge is 0.178 e. The fourth-order valence-corrected chi connectivity index (χ4v) is 8.67. The van der Waals surface area contributed by atoms with Crippen molar-refractivity contribution < 1.29 is 14.6 Å². The van der Waals surface area contributed by atoms with Gasteiger partial charge in [0.25, 0.3) is 0 Å². The number of fused-ring (bicyclic) bond motifs is 1. The Morgan fingerprint density at radius 2 is 1.52 bits per heavy atom. The lowest BCUT2D eigenvalue weighted by Gasteiger charge is -2.64. The Kier molecular flexibility index (Phi) is 4.15. The van der Waals surface area contributed by atoms with E-state index in [1.54, 1.807) is 11.3 Å². The van der Waals surface area contributed by atoms with Crippen molar-refractivity contribution in [3.05, 3.63) is 10.3 Å². The van der Waals surface area contributed by atoms with Crippen LogP contribution in [-0.4, -0.2) is 18.3 Å². The molecule has 6 rings (SSSR count). The largest absolute Gasteiger partial charge is 0.489 e. The SMILES string of the molecule is CC(C)(C)C(O)(c1scc2c1OCCCCO2)C12CC3CC(CC(C3)C1)C2. The van der Waals surface area contributed by atoms with Gasteiger partial charge in [0.1, 0.15) is 5.60 Å². The first-order chi connectivity index (χ1) is 12.8. The van der Waals surface area contributed by atoms with Gasteiger partial charge in [0.2, 0.25) is 0 Å². The first-order valence-electron chi connectivity index (χ1n) is 10.9. The van der Waals surface area contributed by atoms with E-state index in [4.69, 9.17) is 9.47 Å². The van der Waals surface area contributed by atoms with E-state index >= 15 is 0 Å². The normalized spacial score (nSPS) is 37.6. The Bertz CT molecular complexity index is 680. The molecule has 4 heteroatoms. The van der Waals surface area contributed by atoms with Crippen LogP contribution in [0.3, 0.4) is 0 Å². The second kappa shape index (κ2) is 6.13. The highest BCUT2D eigenvalue weighted by atomic mass is 32.1. The fraction of sp³-hybridized carbons (Fsp3) is 0.826. The van der Waals surface area contributed by atoms with Crippen LogP contribution in [0.4, 0.5) is 0 Å². The van der Waals surface area contributed by atoms with E-state index in [2.05, 4.69) is 26.2 Å². The molecular weight excluding hydrogens is 356 g/mol. The highest BCUT2D eigenvalue weighted by Crippen LogP contribution is 2.70. The number of thiophene rings is 1. The van der Waals surface area contributed by atoms with Crippen molar-refractivity contribution in [2.24, 2.45) is 28.6 Å². The van der Waals surface area contributed by atoms with Crippen LogP contribution in [0, 0.1) is 28.6 Å². The lowest BCUT2D eigenvalue weighted by atomic mass is 9.42. The van der Waals surface area contributed by atoms with Crippen molar-refractivity contribution in [1.82, 2.24) is 0 Å². The van der Waals surface area contributed by atoms with Gasteiger partial charge in [0.15, 0.2) is 11.5 Å². The Balaban J connectivity index is 1.64. The van der Waals surface area contributed by atoms with E-state index < -0.39 is 5.60 Å². The van der Waals surface area contributed by atoms with Gasteiger partial charge in [-0.3, -0.25) is 0 Å². The second-order valence-electron chi connectivity index (χ2n) is 10.8. The molecule has 150 valence electrons. The monoisotopic (exact) mass is 390 g/mol. The van der Waals surface area contributed by atoms with Crippen LogP contribution < -0.4 is 9.47 Å². The summed E-state index contributed by atoms with van der Waals surface area (Å²) in [4.78, 5) is 1.04. The average Bonchev–Trinajstić information content (AvgIpc) is 2.93. The topological polar surface area (TPSA) is 38.7 Å². The minimum atomic E-state index is -0.864. The van der Waals surface area contributed by atoms with Crippen LogP contribution in [0.2, 0.25) is 0 Å². The fourth-order valence-electron chi connectivity index (χ4n) is 7.31. The zero-order chi connectivity index (χ0) is 18.9. The highest BCUT2D eigenvalue weighted by molar-refractivity contribution is 7.10. The predicted molar refractivity (Wildman–Crippen MR) is 108 cm³/mol. The zero-order valence-corrected chi connectivity index (χ0v) is 17.9. The summed E-state index contributed by atoms with van der Waals surface area (Å²) in [6.45, 7) is 8.14. The molecule has 1 aliphatic heterocycles. The molecule has 1 atom stereocenters. The van der Waals surface area contributed by atoms with E-state index in [9.17, 15) is 5.11 Å². The molecule has 0 saturated heterocycles. The predicted octanol–water partition coefficient (Wildman–Crippen LogP) is 5.75. The summed E-state index contributed by atoms with van der Waals surface area (Å²) in [7, 11) is 0. The summed E-state index contributed by atoms with van der Waals surface area (Å²) in [6.07, 6.45) is 9.76. The van der Waals surface area contributed by atoms with Crippen LogP contribution in [-0.2, 0) is 5.60 Å². The summed E-state index contributed by atoms with van der Waals surface area (Å²) < 4.78 is 12.2. The molecular formula is C23H34O3S. The summed E-state index contributed by atoms with van der Waals surface area (Å²) >= 11 is 1.67. The molecule has 0 aromatic carbocycles. The van der Waals surface area contributed by atoms with Gasteiger partial charge in [-0.1, -0.05) is 20.8 Å². The van der Waals surface area contributed by atoms with Crippen LogP contribution in [0.15, 0.2) is 5.38 Å². The van der Waals surface area contributed by atoms with E-state index in [1.807, 2.05) is 0 Å². The second-order valence-corrected chi connectivity index (χ2v) is 11.7. The standard InChI is InChI=1S/C23H34O3S/c1-21(2,3)23(24,20-19-18(14-27-20)25-6-4-5-7-26-19)22-11-15-8-16(12-22)10-17(9-15)13-22/h14-17,24H,4-13H2,1-3H3. The molecule has 0 radical (unpaired) electrons. The zero-order valence-electron chi connectivity index (χ0n) is 17.1. The third-order valence-corrected chi connectivity index (χ3v) is 9.02. The van der Waals surface area contributed by atoms with E-state index in [1.165, 1.54) is 38.5 Å². The molecule has 4 fully saturated rings. The Morgan fingerprint density at radius 3 is 2.07 bits per heavy atom. The number of hydrogen-bond donors (Lipinski definition) is 1. The number of hydrogen-bond acceptors (Lipinski definition) is 4. The minimum absolute atomic E-state index is 0.00957. The molecule has 27 heavy (non-hydrogen) atoms. The molecule has 1 aromatic heterocycles. The molecule has 3 nitrogen and oxygen atoms in total. The molecule has 4 bridgehead atoms. The molecule has 1 aromatic rings. The number of ether oxygens (including phenoxy) is 2. The Hall–Kier alpha value is -0.740. The van der Waals surface area contributed by atoms with Crippen LogP contribution in [0.25, 0.3) is 0 Å². The maximum atomic E-state index is 12.7. The van der Waals surface area contributed by atoms with Crippen LogP contribution >= 0.6 is 11.3 Å². The van der Waals surface area contributed by atoms with Crippen LogP contribution in [0.5, 0.6) is 11.5 Å². The van der Waals surface area contributed by atoms with Crippen molar-refractivity contribution in [3.8, 4) is 11.5 Å². The summed E-state index contributed by atoms with van der Waals surface area (Å²) in [5.41, 5.74) is -1.12.